The zero-order chi connectivity index (χ0) is 12.2. The van der Waals surface area contributed by atoms with E-state index < -0.39 is 29.2 Å². The van der Waals surface area contributed by atoms with Crippen LogP contribution < -0.4 is 0 Å². The molecular formula is C7H6ClF5O2. The van der Waals surface area contributed by atoms with Crippen molar-refractivity contribution in [2.75, 3.05) is 6.61 Å². The van der Waals surface area contributed by atoms with Gasteiger partial charge in [0.1, 0.15) is 10.6 Å². The molecule has 0 aliphatic carbocycles. The number of allylic oxidation sites excluding steroid dienone is 1. The number of alkyl halides is 5. The van der Waals surface area contributed by atoms with Crippen molar-refractivity contribution in [3.8, 4) is 0 Å². The fraction of sp³-hybridized carbons (Fsp3) is 0.571. The molecule has 0 aromatic carbocycles. The molecule has 0 amide bonds. The topological polar surface area (TPSA) is 26.3 Å². The van der Waals surface area contributed by atoms with Crippen molar-refractivity contribution in [3.63, 3.8) is 0 Å². The molecule has 0 aliphatic rings. The Morgan fingerprint density at radius 3 is 2.13 bits per heavy atom. The highest BCUT2D eigenvalue weighted by molar-refractivity contribution is 6.32. The van der Waals surface area contributed by atoms with Gasteiger partial charge in [0.2, 0.25) is 0 Å². The molecule has 0 heterocycles. The lowest BCUT2D eigenvalue weighted by atomic mass is 10.2. The summed E-state index contributed by atoms with van der Waals surface area (Å²) in [5.41, 5.74) is -1.87. The Labute approximate surface area is 86.6 Å². The van der Waals surface area contributed by atoms with Crippen LogP contribution in [0.2, 0.25) is 0 Å². The fourth-order valence-electron chi connectivity index (χ4n) is 0.636. The molecular weight excluding hydrogens is 247 g/mol. The number of hydrogen-bond donors (Lipinski definition) is 0. The largest absolute Gasteiger partial charge is 0.462 e. The minimum absolute atomic E-state index is 0.322. The molecule has 0 atom stereocenters. The molecule has 8 heteroatoms. The van der Waals surface area contributed by atoms with Gasteiger partial charge in [0.15, 0.2) is 0 Å². The van der Waals surface area contributed by atoms with E-state index in [1.54, 1.807) is 0 Å². The predicted octanol–water partition coefficient (Wildman–Crippen LogP) is 2.87. The smallest absolute Gasteiger partial charge is 0.427 e. The van der Waals surface area contributed by atoms with E-state index >= 15 is 0 Å². The summed E-state index contributed by atoms with van der Waals surface area (Å²) in [4.78, 5) is 10.7. The summed E-state index contributed by atoms with van der Waals surface area (Å²) in [6, 6.07) is 0. The lowest BCUT2D eigenvalue weighted by Gasteiger charge is -2.11. The number of carbonyl (C=O) groups is 1. The Morgan fingerprint density at radius 2 is 1.87 bits per heavy atom. The SMILES string of the molecule is CCOC(=O)C(=C(Cl)C(F)(F)F)C(F)F. The molecule has 15 heavy (non-hydrogen) atoms. The third-order valence-corrected chi connectivity index (χ3v) is 1.62. The van der Waals surface area contributed by atoms with Crippen molar-refractivity contribution in [3.05, 3.63) is 10.6 Å². The van der Waals surface area contributed by atoms with Crippen LogP contribution in [0, 0.1) is 0 Å². The van der Waals surface area contributed by atoms with Gasteiger partial charge in [0.05, 0.1) is 6.61 Å². The Balaban J connectivity index is 5.21. The van der Waals surface area contributed by atoms with Crippen molar-refractivity contribution in [1.82, 2.24) is 0 Å². The molecule has 0 rings (SSSR count). The Kier molecular flexibility index (Phi) is 4.99. The summed E-state index contributed by atoms with van der Waals surface area (Å²) in [7, 11) is 0. The highest BCUT2D eigenvalue weighted by Gasteiger charge is 2.40. The van der Waals surface area contributed by atoms with E-state index in [0.717, 1.165) is 0 Å². The minimum atomic E-state index is -5.19. The third kappa shape index (κ3) is 4.03. The number of rotatable bonds is 3. The molecule has 0 saturated heterocycles. The highest BCUT2D eigenvalue weighted by Crippen LogP contribution is 2.33. The van der Waals surface area contributed by atoms with Crippen LogP contribution in [0.5, 0.6) is 0 Å². The summed E-state index contributed by atoms with van der Waals surface area (Å²) in [5.74, 6) is -1.77. The lowest BCUT2D eigenvalue weighted by Crippen LogP contribution is -2.21. The summed E-state index contributed by atoms with van der Waals surface area (Å²) in [6.45, 7) is 0.944. The first kappa shape index (κ1) is 14.2. The molecule has 0 aromatic rings. The van der Waals surface area contributed by atoms with Gasteiger partial charge in [-0.25, -0.2) is 13.6 Å². The maximum Gasteiger partial charge on any atom is 0.427 e. The van der Waals surface area contributed by atoms with Crippen LogP contribution in [-0.2, 0) is 9.53 Å². The minimum Gasteiger partial charge on any atom is -0.462 e. The standard InChI is InChI=1S/C7H6ClF5O2/c1-2-15-6(14)3(5(9)10)4(8)7(11,12)13/h5H,2H2,1H3. The Bertz CT molecular complexity index is 271. The van der Waals surface area contributed by atoms with Crippen LogP contribution >= 0.6 is 11.6 Å². The van der Waals surface area contributed by atoms with E-state index in [-0.39, 0.29) is 6.61 Å². The van der Waals surface area contributed by atoms with Gasteiger partial charge in [-0.3, -0.25) is 0 Å². The van der Waals surface area contributed by atoms with Crippen molar-refractivity contribution in [2.45, 2.75) is 19.5 Å². The van der Waals surface area contributed by atoms with Gasteiger partial charge >= 0.3 is 12.1 Å². The summed E-state index contributed by atoms with van der Waals surface area (Å²) in [6.07, 6.45) is -8.83. The molecule has 88 valence electrons. The molecule has 0 spiro atoms. The van der Waals surface area contributed by atoms with E-state index in [9.17, 15) is 26.7 Å². The number of hydrogen-bond acceptors (Lipinski definition) is 2. The number of halogens is 6. The van der Waals surface area contributed by atoms with Gasteiger partial charge in [-0.15, -0.1) is 0 Å². The van der Waals surface area contributed by atoms with Crippen molar-refractivity contribution in [2.24, 2.45) is 0 Å². The van der Waals surface area contributed by atoms with E-state index in [1.165, 1.54) is 6.92 Å². The van der Waals surface area contributed by atoms with Gasteiger partial charge in [-0.1, -0.05) is 11.6 Å². The molecule has 0 N–H and O–H groups in total. The molecule has 0 bridgehead atoms. The van der Waals surface area contributed by atoms with Crippen LogP contribution in [0.4, 0.5) is 22.0 Å². The first-order chi connectivity index (χ1) is 6.71. The second kappa shape index (κ2) is 5.29. The maximum absolute atomic E-state index is 12.1. The summed E-state index contributed by atoms with van der Waals surface area (Å²) in [5, 5.41) is -2.16. The van der Waals surface area contributed by atoms with Gasteiger partial charge < -0.3 is 4.74 Å². The van der Waals surface area contributed by atoms with E-state index in [1.807, 2.05) is 0 Å². The van der Waals surface area contributed by atoms with Crippen LogP contribution in [0.25, 0.3) is 0 Å². The summed E-state index contributed by atoms with van der Waals surface area (Å²) >= 11 is 4.62. The van der Waals surface area contributed by atoms with E-state index in [0.29, 0.717) is 0 Å². The van der Waals surface area contributed by atoms with Crippen molar-refractivity contribution >= 4 is 17.6 Å². The molecule has 0 aliphatic heterocycles. The Morgan fingerprint density at radius 1 is 1.40 bits per heavy atom. The molecule has 0 saturated carbocycles. The average Bonchev–Trinajstić information content (AvgIpc) is 2.02. The van der Waals surface area contributed by atoms with Crippen molar-refractivity contribution in [1.29, 1.82) is 0 Å². The first-order valence-corrected chi connectivity index (χ1v) is 4.01. The number of esters is 1. The van der Waals surface area contributed by atoms with Gasteiger partial charge in [0, 0.05) is 0 Å². The zero-order valence-corrected chi connectivity index (χ0v) is 8.12. The number of carbonyl (C=O) groups excluding carboxylic acids is 1. The maximum atomic E-state index is 12.1. The van der Waals surface area contributed by atoms with Gasteiger partial charge in [0.25, 0.3) is 6.43 Å². The number of ether oxygens (including phenoxy) is 1. The van der Waals surface area contributed by atoms with Gasteiger partial charge in [-0.2, -0.15) is 13.2 Å². The first-order valence-electron chi connectivity index (χ1n) is 3.64. The second-order valence-corrected chi connectivity index (χ2v) is 2.62. The Hall–Kier alpha value is -0.850. The summed E-state index contributed by atoms with van der Waals surface area (Å²) < 4.78 is 64.0. The predicted molar refractivity (Wildman–Crippen MR) is 41.6 cm³/mol. The highest BCUT2D eigenvalue weighted by atomic mass is 35.5. The van der Waals surface area contributed by atoms with Gasteiger partial charge in [-0.05, 0) is 6.92 Å². The third-order valence-electron chi connectivity index (χ3n) is 1.20. The molecule has 0 radical (unpaired) electrons. The van der Waals surface area contributed by atoms with Crippen molar-refractivity contribution < 1.29 is 31.5 Å². The van der Waals surface area contributed by atoms with Crippen LogP contribution in [0.1, 0.15) is 6.92 Å². The zero-order valence-electron chi connectivity index (χ0n) is 7.37. The second-order valence-electron chi connectivity index (χ2n) is 2.25. The van der Waals surface area contributed by atoms with E-state index in [4.69, 9.17) is 0 Å². The normalized spacial score (nSPS) is 13.9. The molecule has 0 unspecified atom stereocenters. The lowest BCUT2D eigenvalue weighted by molar-refractivity contribution is -0.141. The van der Waals surface area contributed by atoms with Crippen LogP contribution in [0.3, 0.4) is 0 Å². The molecule has 0 aromatic heterocycles. The van der Waals surface area contributed by atoms with Crippen LogP contribution in [0.15, 0.2) is 10.6 Å². The monoisotopic (exact) mass is 252 g/mol. The quantitative estimate of drug-likeness (QED) is 0.439. The average molecular weight is 253 g/mol. The molecule has 0 fully saturated rings. The van der Waals surface area contributed by atoms with E-state index in [2.05, 4.69) is 16.3 Å². The molecule has 2 nitrogen and oxygen atoms in total. The fourth-order valence-corrected chi connectivity index (χ4v) is 0.796. The van der Waals surface area contributed by atoms with Crippen LogP contribution in [-0.4, -0.2) is 25.2 Å².